The van der Waals surface area contributed by atoms with Crippen LogP contribution in [0.1, 0.15) is 18.6 Å². The Balaban J connectivity index is 1.88. The number of hydrogen-bond donors (Lipinski definition) is 2. The quantitative estimate of drug-likeness (QED) is 0.335. The molecule has 1 saturated heterocycles. The van der Waals surface area contributed by atoms with Gasteiger partial charge in [0.2, 0.25) is 15.9 Å². The van der Waals surface area contributed by atoms with Gasteiger partial charge >= 0.3 is 0 Å². The van der Waals surface area contributed by atoms with E-state index in [-0.39, 0.29) is 42.2 Å². The van der Waals surface area contributed by atoms with Crippen molar-refractivity contribution in [3.8, 4) is 0 Å². The SMILES string of the molecule is NC(=O)C1CCN(S(=O)(=O)c2cc([N+](=O)[O-])ccc2N/N=C\c2ccc(Br)o2)CC1. The molecule has 1 amide bonds. The number of rotatable bonds is 7. The van der Waals surface area contributed by atoms with Crippen LogP contribution in [0.4, 0.5) is 11.4 Å². The van der Waals surface area contributed by atoms with E-state index in [4.69, 9.17) is 10.2 Å². The Labute approximate surface area is 180 Å². The number of nitrogens with two attached hydrogens (primary N) is 1. The van der Waals surface area contributed by atoms with E-state index >= 15 is 0 Å². The lowest BCUT2D eigenvalue weighted by atomic mass is 9.98. The monoisotopic (exact) mass is 499 g/mol. The molecule has 13 heteroatoms. The summed E-state index contributed by atoms with van der Waals surface area (Å²) < 4.78 is 33.3. The number of benzene rings is 1. The molecule has 1 aliphatic rings. The highest BCUT2D eigenvalue weighted by atomic mass is 79.9. The first-order valence-electron chi connectivity index (χ1n) is 8.81. The van der Waals surface area contributed by atoms with E-state index in [0.29, 0.717) is 10.4 Å². The predicted molar refractivity (Wildman–Crippen MR) is 111 cm³/mol. The Bertz CT molecular complexity index is 1090. The molecule has 0 atom stereocenters. The maximum atomic E-state index is 13.2. The lowest BCUT2D eigenvalue weighted by Crippen LogP contribution is -2.41. The number of amides is 1. The second-order valence-corrected chi connectivity index (χ2v) is 9.22. The summed E-state index contributed by atoms with van der Waals surface area (Å²) in [7, 11) is -4.08. The molecule has 3 rings (SSSR count). The first-order chi connectivity index (χ1) is 14.2. The van der Waals surface area contributed by atoms with E-state index in [9.17, 15) is 23.3 Å². The molecule has 1 aliphatic heterocycles. The number of nitrogens with one attached hydrogen (secondary N) is 1. The molecule has 1 fully saturated rings. The van der Waals surface area contributed by atoms with Crippen LogP contribution in [0.15, 0.2) is 49.4 Å². The van der Waals surface area contributed by atoms with Gasteiger partial charge in [0.25, 0.3) is 5.69 Å². The highest BCUT2D eigenvalue weighted by molar-refractivity contribution is 9.10. The van der Waals surface area contributed by atoms with E-state index in [1.807, 2.05) is 0 Å². The number of primary amides is 1. The fourth-order valence-corrected chi connectivity index (χ4v) is 4.96. The zero-order valence-corrected chi connectivity index (χ0v) is 17.9. The van der Waals surface area contributed by atoms with Crippen LogP contribution < -0.4 is 11.2 Å². The summed E-state index contributed by atoms with van der Waals surface area (Å²) in [5.74, 6) is -0.450. The summed E-state index contributed by atoms with van der Waals surface area (Å²) in [6, 6.07) is 6.75. The molecule has 1 aromatic heterocycles. The summed E-state index contributed by atoms with van der Waals surface area (Å²) in [6.07, 6.45) is 1.91. The zero-order valence-electron chi connectivity index (χ0n) is 15.5. The van der Waals surface area contributed by atoms with Crippen LogP contribution in [0.5, 0.6) is 0 Å². The second-order valence-electron chi connectivity index (χ2n) is 6.53. The lowest BCUT2D eigenvalue weighted by molar-refractivity contribution is -0.385. The van der Waals surface area contributed by atoms with Crippen molar-refractivity contribution in [3.63, 3.8) is 0 Å². The third kappa shape index (κ3) is 4.86. The number of nitro groups is 1. The number of piperidine rings is 1. The molecule has 0 saturated carbocycles. The fraction of sp³-hybridized carbons (Fsp3) is 0.294. The van der Waals surface area contributed by atoms with Crippen LogP contribution in [-0.4, -0.2) is 42.9 Å². The number of carbonyl (C=O) groups excluding carboxylic acids is 1. The maximum Gasteiger partial charge on any atom is 0.270 e. The molecule has 2 aromatic rings. The normalized spacial score (nSPS) is 16.0. The average Bonchev–Trinajstić information content (AvgIpc) is 3.13. The number of nitro benzene ring substituents is 1. The summed E-state index contributed by atoms with van der Waals surface area (Å²) in [5, 5.41) is 15.1. The van der Waals surface area contributed by atoms with Crippen molar-refractivity contribution in [1.82, 2.24) is 4.31 Å². The molecule has 1 aromatic carbocycles. The van der Waals surface area contributed by atoms with Gasteiger partial charge < -0.3 is 10.2 Å². The Kier molecular flexibility index (Phi) is 6.53. The topological polar surface area (TPSA) is 161 Å². The molecular formula is C17H18BrN5O6S. The van der Waals surface area contributed by atoms with Gasteiger partial charge in [-0.2, -0.15) is 9.41 Å². The summed E-state index contributed by atoms with van der Waals surface area (Å²) in [5.41, 5.74) is 7.60. The van der Waals surface area contributed by atoms with Gasteiger partial charge in [0.05, 0.1) is 16.8 Å². The van der Waals surface area contributed by atoms with Gasteiger partial charge in [0.1, 0.15) is 10.7 Å². The molecule has 0 bridgehead atoms. The van der Waals surface area contributed by atoms with Crippen LogP contribution in [0.2, 0.25) is 0 Å². The molecule has 0 radical (unpaired) electrons. The largest absolute Gasteiger partial charge is 0.448 e. The van der Waals surface area contributed by atoms with E-state index in [2.05, 4.69) is 26.5 Å². The van der Waals surface area contributed by atoms with Gasteiger partial charge in [-0.05, 0) is 47.0 Å². The van der Waals surface area contributed by atoms with E-state index in [1.165, 1.54) is 22.7 Å². The van der Waals surface area contributed by atoms with Crippen LogP contribution in [0, 0.1) is 16.0 Å². The minimum Gasteiger partial charge on any atom is -0.448 e. The van der Waals surface area contributed by atoms with Crippen LogP contribution in [-0.2, 0) is 14.8 Å². The zero-order chi connectivity index (χ0) is 21.9. The van der Waals surface area contributed by atoms with Gasteiger partial charge in [0, 0.05) is 31.1 Å². The van der Waals surface area contributed by atoms with E-state index in [1.54, 1.807) is 12.1 Å². The standard InChI is InChI=1S/C17H18BrN5O6S/c18-16-4-2-13(29-16)10-20-21-14-3-1-12(23(25)26)9-15(14)30(27,28)22-7-5-11(6-8-22)17(19)24/h1-4,9-11,21H,5-8H2,(H2,19,24)/b20-10-. The van der Waals surface area contributed by atoms with Gasteiger partial charge in [-0.1, -0.05) is 0 Å². The van der Waals surface area contributed by atoms with E-state index < -0.39 is 26.8 Å². The van der Waals surface area contributed by atoms with Crippen LogP contribution in [0.3, 0.4) is 0 Å². The predicted octanol–water partition coefficient (Wildman–Crippen LogP) is 2.28. The molecule has 0 aliphatic carbocycles. The third-order valence-corrected chi connectivity index (χ3v) is 6.99. The summed E-state index contributed by atoms with van der Waals surface area (Å²) >= 11 is 3.16. The van der Waals surface area contributed by atoms with Crippen molar-refractivity contribution < 1.29 is 22.6 Å². The average molecular weight is 500 g/mol. The number of nitrogens with zero attached hydrogens (tertiary/aromatic N) is 3. The minimum atomic E-state index is -4.08. The molecule has 3 N–H and O–H groups in total. The number of furan rings is 1. The Morgan fingerprint density at radius 2 is 2.03 bits per heavy atom. The van der Waals surface area contributed by atoms with Crippen LogP contribution in [0.25, 0.3) is 0 Å². The molecular weight excluding hydrogens is 482 g/mol. The third-order valence-electron chi connectivity index (χ3n) is 4.62. The van der Waals surface area contributed by atoms with Crippen molar-refractivity contribution in [2.45, 2.75) is 17.7 Å². The van der Waals surface area contributed by atoms with Crippen molar-refractivity contribution in [2.24, 2.45) is 16.8 Å². The summed E-state index contributed by atoms with van der Waals surface area (Å²) in [4.78, 5) is 21.5. The first kappa shape index (κ1) is 21.9. The minimum absolute atomic E-state index is 0.0690. The van der Waals surface area contributed by atoms with Crippen molar-refractivity contribution in [2.75, 3.05) is 18.5 Å². The highest BCUT2D eigenvalue weighted by Gasteiger charge is 2.33. The second kappa shape index (κ2) is 8.93. The maximum absolute atomic E-state index is 13.2. The number of hydrazone groups is 1. The smallest absolute Gasteiger partial charge is 0.270 e. The summed E-state index contributed by atoms with van der Waals surface area (Å²) in [6.45, 7) is 0.170. The number of hydrogen-bond acceptors (Lipinski definition) is 8. The molecule has 0 spiro atoms. The molecule has 0 unspecified atom stereocenters. The van der Waals surface area contributed by atoms with Gasteiger partial charge in [-0.25, -0.2) is 8.42 Å². The molecule has 11 nitrogen and oxygen atoms in total. The van der Waals surface area contributed by atoms with Crippen molar-refractivity contribution in [3.05, 3.63) is 50.9 Å². The number of sulfonamides is 1. The number of halogens is 1. The number of non-ortho nitro benzene ring substituents is 1. The molecule has 160 valence electrons. The Morgan fingerprint density at radius 1 is 1.33 bits per heavy atom. The Morgan fingerprint density at radius 3 is 2.60 bits per heavy atom. The lowest BCUT2D eigenvalue weighted by Gasteiger charge is -2.30. The first-order valence-corrected chi connectivity index (χ1v) is 11.0. The van der Waals surface area contributed by atoms with Crippen LogP contribution >= 0.6 is 15.9 Å². The van der Waals surface area contributed by atoms with Gasteiger partial charge in [-0.15, -0.1) is 0 Å². The van der Waals surface area contributed by atoms with E-state index in [0.717, 1.165) is 6.07 Å². The molecule has 2 heterocycles. The van der Waals surface area contributed by atoms with Crippen molar-refractivity contribution >= 4 is 49.4 Å². The number of carbonyl (C=O) groups is 1. The van der Waals surface area contributed by atoms with Gasteiger partial charge in [0.15, 0.2) is 4.67 Å². The van der Waals surface area contributed by atoms with Crippen molar-refractivity contribution in [1.29, 1.82) is 0 Å². The molecule has 30 heavy (non-hydrogen) atoms. The number of anilines is 1. The van der Waals surface area contributed by atoms with Gasteiger partial charge in [-0.3, -0.25) is 20.3 Å². The Hall–Kier alpha value is -2.77. The highest BCUT2D eigenvalue weighted by Crippen LogP contribution is 2.31. The fourth-order valence-electron chi connectivity index (χ4n) is 3.01.